The molecule has 34 heavy (non-hydrogen) atoms. The second kappa shape index (κ2) is 9.74. The molecule has 4 aliphatic carbocycles. The summed E-state index contributed by atoms with van der Waals surface area (Å²) in [4.78, 5) is 12.5. The van der Waals surface area contributed by atoms with Crippen molar-refractivity contribution in [1.29, 1.82) is 0 Å². The fourth-order valence-corrected chi connectivity index (χ4v) is 9.68. The second-order valence-corrected chi connectivity index (χ2v) is 15.2. The Balaban J connectivity index is 1.41. The highest BCUT2D eigenvalue weighted by Crippen LogP contribution is 2.68. The van der Waals surface area contributed by atoms with E-state index in [9.17, 15) is 4.79 Å². The van der Waals surface area contributed by atoms with E-state index < -0.39 is 5.41 Å². The van der Waals surface area contributed by atoms with Gasteiger partial charge in [-0.15, -0.1) is 0 Å². The number of carbonyl (C=O) groups is 1. The zero-order valence-electron chi connectivity index (χ0n) is 23.9. The summed E-state index contributed by atoms with van der Waals surface area (Å²) in [7, 11) is 0. The molecule has 0 radical (unpaired) electrons. The molecule has 4 aliphatic rings. The van der Waals surface area contributed by atoms with Crippen LogP contribution in [-0.2, 0) is 9.53 Å². The first kappa shape index (κ1) is 26.5. The predicted molar refractivity (Wildman–Crippen MR) is 142 cm³/mol. The van der Waals surface area contributed by atoms with E-state index >= 15 is 0 Å². The quantitative estimate of drug-likeness (QED) is 0.360. The van der Waals surface area contributed by atoms with Crippen LogP contribution in [0.25, 0.3) is 0 Å². The number of rotatable bonds is 6. The molecule has 0 amide bonds. The molecule has 0 heterocycles. The Bertz CT molecular complexity index is 719. The SMILES string of the molecule is CC(C)CCCC(C)C1CC[C@H]2[C@H]3CC[C@H]4C[C@@H](OC(=O)C(C)(C)C)CCC4(C)C3CCC12C. The molecule has 2 heteroatoms. The third kappa shape index (κ3) is 4.87. The number of fused-ring (bicyclic) bond motifs is 5. The topological polar surface area (TPSA) is 26.3 Å². The van der Waals surface area contributed by atoms with Crippen molar-refractivity contribution in [2.45, 2.75) is 139 Å². The number of hydrogen-bond acceptors (Lipinski definition) is 2. The highest BCUT2D eigenvalue weighted by molar-refractivity contribution is 5.75. The molecule has 0 spiro atoms. The normalized spacial score (nSPS) is 43.1. The lowest BCUT2D eigenvalue weighted by atomic mass is 9.44. The molecule has 9 atom stereocenters. The van der Waals surface area contributed by atoms with Crippen LogP contribution in [0.2, 0.25) is 0 Å². The van der Waals surface area contributed by atoms with Gasteiger partial charge in [0, 0.05) is 0 Å². The molecule has 0 N–H and O–H groups in total. The monoisotopic (exact) mass is 472 g/mol. The third-order valence-corrected chi connectivity index (χ3v) is 11.7. The van der Waals surface area contributed by atoms with Crippen LogP contribution in [0, 0.1) is 57.7 Å². The van der Waals surface area contributed by atoms with Crippen LogP contribution >= 0.6 is 0 Å². The number of carbonyl (C=O) groups excluding carboxylic acids is 1. The number of ether oxygens (including phenoxy) is 1. The van der Waals surface area contributed by atoms with Crippen LogP contribution in [0.5, 0.6) is 0 Å². The molecule has 4 saturated carbocycles. The smallest absolute Gasteiger partial charge is 0.311 e. The lowest BCUT2D eigenvalue weighted by Crippen LogP contribution is -2.54. The van der Waals surface area contributed by atoms with E-state index in [0.29, 0.717) is 10.8 Å². The van der Waals surface area contributed by atoms with Crippen molar-refractivity contribution in [2.24, 2.45) is 57.7 Å². The second-order valence-electron chi connectivity index (χ2n) is 15.2. The van der Waals surface area contributed by atoms with Crippen molar-refractivity contribution in [3.63, 3.8) is 0 Å². The minimum Gasteiger partial charge on any atom is -0.462 e. The molecule has 0 aromatic carbocycles. The van der Waals surface area contributed by atoms with Gasteiger partial charge in [0.2, 0.25) is 0 Å². The summed E-state index contributed by atoms with van der Waals surface area (Å²) in [5.41, 5.74) is 0.661. The van der Waals surface area contributed by atoms with Gasteiger partial charge in [-0.1, -0.05) is 53.9 Å². The van der Waals surface area contributed by atoms with Gasteiger partial charge in [0.15, 0.2) is 0 Å². The minimum atomic E-state index is -0.392. The lowest BCUT2D eigenvalue weighted by Gasteiger charge is -2.61. The standard InChI is InChI=1S/C32H56O2/c1-21(2)10-9-11-22(3)26-14-15-27-25-13-12-23-20-24(34-29(33)30(4,5)6)16-18-31(23,7)28(25)17-19-32(26,27)8/h21-28H,9-20H2,1-8H3/t22?,23-,24-,25+,26?,27-,28?,31?,32?/m0/s1. The first-order valence-electron chi connectivity index (χ1n) is 15.1. The molecule has 4 rings (SSSR count). The van der Waals surface area contributed by atoms with Gasteiger partial charge in [0.25, 0.3) is 0 Å². The summed E-state index contributed by atoms with van der Waals surface area (Å²) in [6, 6.07) is 0. The van der Waals surface area contributed by atoms with Crippen molar-refractivity contribution in [3.05, 3.63) is 0 Å². The highest BCUT2D eigenvalue weighted by atomic mass is 16.5. The molecule has 0 aliphatic heterocycles. The Kier molecular flexibility index (Phi) is 7.60. The number of esters is 1. The summed E-state index contributed by atoms with van der Waals surface area (Å²) >= 11 is 0. The van der Waals surface area contributed by atoms with Gasteiger partial charge in [0.05, 0.1) is 5.41 Å². The summed E-state index contributed by atoms with van der Waals surface area (Å²) in [5.74, 6) is 6.23. The third-order valence-electron chi connectivity index (χ3n) is 11.7. The lowest BCUT2D eigenvalue weighted by molar-refractivity contribution is -0.170. The molecule has 0 bridgehead atoms. The van der Waals surface area contributed by atoms with Gasteiger partial charge in [-0.3, -0.25) is 4.79 Å². The first-order chi connectivity index (χ1) is 15.9. The van der Waals surface area contributed by atoms with Crippen LogP contribution in [0.4, 0.5) is 0 Å². The molecule has 196 valence electrons. The van der Waals surface area contributed by atoms with Gasteiger partial charge in [-0.25, -0.2) is 0 Å². The number of hydrogen-bond donors (Lipinski definition) is 0. The largest absolute Gasteiger partial charge is 0.462 e. The molecular weight excluding hydrogens is 416 g/mol. The van der Waals surface area contributed by atoms with Crippen molar-refractivity contribution in [1.82, 2.24) is 0 Å². The van der Waals surface area contributed by atoms with E-state index in [1.807, 2.05) is 20.8 Å². The molecule has 0 saturated heterocycles. The molecular formula is C32H56O2. The van der Waals surface area contributed by atoms with Crippen LogP contribution < -0.4 is 0 Å². The maximum Gasteiger partial charge on any atom is 0.311 e. The summed E-state index contributed by atoms with van der Waals surface area (Å²) in [6.45, 7) is 18.6. The highest BCUT2D eigenvalue weighted by Gasteiger charge is 2.60. The van der Waals surface area contributed by atoms with Gasteiger partial charge >= 0.3 is 5.97 Å². The van der Waals surface area contributed by atoms with Crippen molar-refractivity contribution in [2.75, 3.05) is 0 Å². The first-order valence-corrected chi connectivity index (χ1v) is 15.1. The van der Waals surface area contributed by atoms with E-state index in [0.717, 1.165) is 54.3 Å². The Morgan fingerprint density at radius 2 is 1.56 bits per heavy atom. The molecule has 0 aromatic heterocycles. The maximum atomic E-state index is 12.5. The van der Waals surface area contributed by atoms with E-state index in [2.05, 4.69) is 34.6 Å². The maximum absolute atomic E-state index is 12.5. The summed E-state index contributed by atoms with van der Waals surface area (Å²) in [5, 5.41) is 0. The Morgan fingerprint density at radius 1 is 0.882 bits per heavy atom. The summed E-state index contributed by atoms with van der Waals surface area (Å²) < 4.78 is 6.02. The van der Waals surface area contributed by atoms with Crippen molar-refractivity contribution in [3.8, 4) is 0 Å². The molecule has 0 aromatic rings. The fourth-order valence-electron chi connectivity index (χ4n) is 9.68. The van der Waals surface area contributed by atoms with Gasteiger partial charge < -0.3 is 4.74 Å². The van der Waals surface area contributed by atoms with Gasteiger partial charge in [-0.2, -0.15) is 0 Å². The van der Waals surface area contributed by atoms with E-state index in [4.69, 9.17) is 4.74 Å². The van der Waals surface area contributed by atoms with Crippen LogP contribution in [-0.4, -0.2) is 12.1 Å². The zero-order chi connectivity index (χ0) is 24.9. The minimum absolute atomic E-state index is 0.0114. The van der Waals surface area contributed by atoms with E-state index in [1.165, 1.54) is 64.2 Å². The molecule has 4 fully saturated rings. The molecule has 2 nitrogen and oxygen atoms in total. The average molecular weight is 473 g/mol. The Hall–Kier alpha value is -0.530. The van der Waals surface area contributed by atoms with Crippen molar-refractivity contribution >= 4 is 5.97 Å². The van der Waals surface area contributed by atoms with Crippen LogP contribution in [0.15, 0.2) is 0 Å². The van der Waals surface area contributed by atoms with E-state index in [1.54, 1.807) is 0 Å². The Labute approximate surface area is 211 Å². The van der Waals surface area contributed by atoms with Gasteiger partial charge in [0.1, 0.15) is 6.10 Å². The Morgan fingerprint density at radius 3 is 2.24 bits per heavy atom. The zero-order valence-corrected chi connectivity index (χ0v) is 23.9. The van der Waals surface area contributed by atoms with E-state index in [-0.39, 0.29) is 12.1 Å². The molecule has 5 unspecified atom stereocenters. The predicted octanol–water partition coefficient (Wildman–Crippen LogP) is 9.07. The van der Waals surface area contributed by atoms with Crippen LogP contribution in [0.3, 0.4) is 0 Å². The van der Waals surface area contributed by atoms with Gasteiger partial charge in [-0.05, 0) is 131 Å². The average Bonchev–Trinajstić information content (AvgIpc) is 3.10. The fraction of sp³-hybridized carbons (Fsp3) is 0.969. The summed E-state index contributed by atoms with van der Waals surface area (Å²) in [6.07, 6.45) is 16.5. The van der Waals surface area contributed by atoms with Crippen molar-refractivity contribution < 1.29 is 9.53 Å². The van der Waals surface area contributed by atoms with Crippen LogP contribution in [0.1, 0.15) is 132 Å².